The van der Waals surface area contributed by atoms with Gasteiger partial charge in [-0.05, 0) is 32.6 Å². The molecule has 0 radical (unpaired) electrons. The minimum absolute atomic E-state index is 0.241. The molecule has 1 aliphatic rings. The molecule has 3 heteroatoms. The molecular formula is C12H23NO2. The van der Waals surface area contributed by atoms with Crippen LogP contribution >= 0.6 is 0 Å². The van der Waals surface area contributed by atoms with E-state index in [-0.39, 0.29) is 5.91 Å². The Labute approximate surface area is 92.6 Å². The van der Waals surface area contributed by atoms with E-state index in [4.69, 9.17) is 4.74 Å². The maximum atomic E-state index is 11.4. The minimum Gasteiger partial charge on any atom is -0.378 e. The highest BCUT2D eigenvalue weighted by molar-refractivity contribution is 5.79. The lowest BCUT2D eigenvalue weighted by Gasteiger charge is -2.24. The summed E-state index contributed by atoms with van der Waals surface area (Å²) in [7, 11) is 0. The van der Waals surface area contributed by atoms with Crippen LogP contribution in [0.5, 0.6) is 0 Å². The number of carbonyl (C=O) groups excluding carboxylic acids is 1. The predicted octanol–water partition coefficient (Wildman–Crippen LogP) is 2.11. The van der Waals surface area contributed by atoms with Crippen LogP contribution in [0.4, 0.5) is 0 Å². The van der Waals surface area contributed by atoms with Crippen LogP contribution in [0.2, 0.25) is 0 Å². The lowest BCUT2D eigenvalue weighted by molar-refractivity contribution is -0.127. The molecule has 1 atom stereocenters. The summed E-state index contributed by atoms with van der Waals surface area (Å²) in [5.41, 5.74) is 0. The summed E-state index contributed by atoms with van der Waals surface area (Å²) in [4.78, 5) is 11.4. The van der Waals surface area contributed by atoms with Gasteiger partial charge in [-0.25, -0.2) is 0 Å². The van der Waals surface area contributed by atoms with Gasteiger partial charge < -0.3 is 10.1 Å². The van der Waals surface area contributed by atoms with E-state index in [0.717, 1.165) is 38.8 Å². The molecular weight excluding hydrogens is 190 g/mol. The molecule has 1 rings (SSSR count). The number of nitrogens with one attached hydrogen (secondary N) is 1. The highest BCUT2D eigenvalue weighted by atomic mass is 16.5. The lowest BCUT2D eigenvalue weighted by atomic mass is 9.85. The zero-order valence-electron chi connectivity index (χ0n) is 9.92. The fraction of sp³-hybridized carbons (Fsp3) is 0.917. The minimum atomic E-state index is 0.241. The van der Waals surface area contributed by atoms with E-state index in [1.165, 1.54) is 6.42 Å². The summed E-state index contributed by atoms with van der Waals surface area (Å²) in [6.07, 6.45) is 5.68. The number of hydrogen-bond donors (Lipinski definition) is 1. The second-order valence-electron chi connectivity index (χ2n) is 4.36. The van der Waals surface area contributed by atoms with E-state index in [1.807, 2.05) is 0 Å². The average molecular weight is 213 g/mol. The van der Waals surface area contributed by atoms with Crippen molar-refractivity contribution in [1.82, 2.24) is 5.32 Å². The molecule has 15 heavy (non-hydrogen) atoms. The van der Waals surface area contributed by atoms with Crippen molar-refractivity contribution in [3.8, 4) is 0 Å². The Morgan fingerprint density at radius 2 is 2.27 bits per heavy atom. The van der Waals surface area contributed by atoms with Gasteiger partial charge in [-0.1, -0.05) is 13.3 Å². The Kier molecular flexibility index (Phi) is 5.69. The van der Waals surface area contributed by atoms with Crippen LogP contribution in [0, 0.1) is 5.92 Å². The molecule has 1 saturated carbocycles. The fourth-order valence-corrected chi connectivity index (χ4v) is 1.50. The van der Waals surface area contributed by atoms with Crippen LogP contribution in [0.25, 0.3) is 0 Å². The van der Waals surface area contributed by atoms with Gasteiger partial charge in [0, 0.05) is 19.1 Å². The zero-order valence-corrected chi connectivity index (χ0v) is 9.92. The van der Waals surface area contributed by atoms with Gasteiger partial charge in [0.2, 0.25) is 5.91 Å². The van der Waals surface area contributed by atoms with Gasteiger partial charge in [0.25, 0.3) is 0 Å². The van der Waals surface area contributed by atoms with Crippen molar-refractivity contribution >= 4 is 5.91 Å². The van der Waals surface area contributed by atoms with Crippen molar-refractivity contribution in [3.63, 3.8) is 0 Å². The molecule has 1 aliphatic carbocycles. The molecule has 0 saturated heterocycles. The smallest absolute Gasteiger partial charge is 0.223 e. The Morgan fingerprint density at radius 3 is 2.80 bits per heavy atom. The standard InChI is InChI=1S/C12H23NO2/c1-3-10(2)15-9-5-8-13-12(14)11-6-4-7-11/h10-11H,3-9H2,1-2H3,(H,13,14). The van der Waals surface area contributed by atoms with Gasteiger partial charge in [0.15, 0.2) is 0 Å². The molecule has 1 unspecified atom stereocenters. The maximum Gasteiger partial charge on any atom is 0.223 e. The van der Waals surface area contributed by atoms with Gasteiger partial charge >= 0.3 is 0 Å². The first kappa shape index (κ1) is 12.5. The third-order valence-corrected chi connectivity index (χ3v) is 3.07. The number of amides is 1. The third kappa shape index (κ3) is 4.65. The Balaban J connectivity index is 1.90. The predicted molar refractivity (Wildman–Crippen MR) is 60.7 cm³/mol. The van der Waals surface area contributed by atoms with Gasteiger partial charge in [-0.15, -0.1) is 0 Å². The lowest BCUT2D eigenvalue weighted by Crippen LogP contribution is -2.35. The third-order valence-electron chi connectivity index (χ3n) is 3.07. The summed E-state index contributed by atoms with van der Waals surface area (Å²) in [5, 5.41) is 2.96. The van der Waals surface area contributed by atoms with Crippen LogP contribution in [0.1, 0.15) is 46.0 Å². The van der Waals surface area contributed by atoms with Crippen LogP contribution in [-0.2, 0) is 9.53 Å². The van der Waals surface area contributed by atoms with E-state index >= 15 is 0 Å². The zero-order chi connectivity index (χ0) is 11.1. The Hall–Kier alpha value is -0.570. The van der Waals surface area contributed by atoms with Crippen molar-refractivity contribution in [1.29, 1.82) is 0 Å². The SMILES string of the molecule is CCC(C)OCCCNC(=O)C1CCC1. The van der Waals surface area contributed by atoms with E-state index in [1.54, 1.807) is 0 Å². The van der Waals surface area contributed by atoms with Crippen molar-refractivity contribution in [2.45, 2.75) is 52.1 Å². The fourth-order valence-electron chi connectivity index (χ4n) is 1.50. The van der Waals surface area contributed by atoms with E-state index < -0.39 is 0 Å². The van der Waals surface area contributed by atoms with Gasteiger partial charge in [-0.3, -0.25) is 4.79 Å². The van der Waals surface area contributed by atoms with Crippen LogP contribution in [0.15, 0.2) is 0 Å². The molecule has 1 fully saturated rings. The van der Waals surface area contributed by atoms with Gasteiger partial charge in [0.05, 0.1) is 6.10 Å². The molecule has 88 valence electrons. The molecule has 0 aromatic rings. The number of carbonyl (C=O) groups is 1. The quantitative estimate of drug-likeness (QED) is 0.658. The first-order chi connectivity index (χ1) is 7.24. The van der Waals surface area contributed by atoms with Crippen molar-refractivity contribution in [2.75, 3.05) is 13.2 Å². The van der Waals surface area contributed by atoms with Crippen molar-refractivity contribution in [3.05, 3.63) is 0 Å². The molecule has 0 heterocycles. The molecule has 0 aliphatic heterocycles. The molecule has 1 amide bonds. The molecule has 0 spiro atoms. The van der Waals surface area contributed by atoms with E-state index in [2.05, 4.69) is 19.2 Å². The number of hydrogen-bond acceptors (Lipinski definition) is 2. The molecule has 1 N–H and O–H groups in total. The summed E-state index contributed by atoms with van der Waals surface area (Å²) < 4.78 is 5.52. The Morgan fingerprint density at radius 1 is 1.53 bits per heavy atom. The average Bonchev–Trinajstić information content (AvgIpc) is 2.14. The number of rotatable bonds is 7. The molecule has 3 nitrogen and oxygen atoms in total. The largest absolute Gasteiger partial charge is 0.378 e. The molecule has 0 bridgehead atoms. The summed E-state index contributed by atoms with van der Waals surface area (Å²) >= 11 is 0. The van der Waals surface area contributed by atoms with Crippen LogP contribution < -0.4 is 5.32 Å². The summed E-state index contributed by atoms with van der Waals surface area (Å²) in [6.45, 7) is 5.70. The van der Waals surface area contributed by atoms with Crippen LogP contribution in [-0.4, -0.2) is 25.2 Å². The molecule has 0 aromatic heterocycles. The second kappa shape index (κ2) is 6.83. The Bertz CT molecular complexity index is 190. The first-order valence-electron chi connectivity index (χ1n) is 6.13. The van der Waals surface area contributed by atoms with E-state index in [0.29, 0.717) is 12.0 Å². The summed E-state index contributed by atoms with van der Waals surface area (Å²) in [6, 6.07) is 0. The summed E-state index contributed by atoms with van der Waals surface area (Å²) in [5.74, 6) is 0.547. The van der Waals surface area contributed by atoms with Crippen molar-refractivity contribution < 1.29 is 9.53 Å². The monoisotopic (exact) mass is 213 g/mol. The number of ether oxygens (including phenoxy) is 1. The van der Waals surface area contributed by atoms with E-state index in [9.17, 15) is 4.79 Å². The van der Waals surface area contributed by atoms with Gasteiger partial charge in [0.1, 0.15) is 0 Å². The highest BCUT2D eigenvalue weighted by Crippen LogP contribution is 2.25. The molecule has 0 aromatic carbocycles. The second-order valence-corrected chi connectivity index (χ2v) is 4.36. The maximum absolute atomic E-state index is 11.4. The first-order valence-corrected chi connectivity index (χ1v) is 6.13. The topological polar surface area (TPSA) is 38.3 Å². The van der Waals surface area contributed by atoms with Crippen LogP contribution in [0.3, 0.4) is 0 Å². The van der Waals surface area contributed by atoms with Gasteiger partial charge in [-0.2, -0.15) is 0 Å². The van der Waals surface area contributed by atoms with Crippen molar-refractivity contribution in [2.24, 2.45) is 5.92 Å². The highest BCUT2D eigenvalue weighted by Gasteiger charge is 2.24. The normalized spacial score (nSPS) is 18.3.